The van der Waals surface area contributed by atoms with E-state index in [2.05, 4.69) is 6.07 Å². The minimum Gasteiger partial charge on any atom is -0.336 e. The minimum atomic E-state index is -0.374. The lowest BCUT2D eigenvalue weighted by Crippen LogP contribution is -2.44. The van der Waals surface area contributed by atoms with Gasteiger partial charge in [0.1, 0.15) is 12.4 Å². The molecule has 0 saturated heterocycles. The summed E-state index contributed by atoms with van der Waals surface area (Å²) in [6.45, 7) is 2.57. The van der Waals surface area contributed by atoms with E-state index in [-0.39, 0.29) is 24.2 Å². The zero-order valence-corrected chi connectivity index (χ0v) is 13.5. The van der Waals surface area contributed by atoms with E-state index < -0.39 is 0 Å². The molecule has 0 aliphatic carbocycles. The highest BCUT2D eigenvalue weighted by molar-refractivity contribution is 5.97. The SMILES string of the molecule is CC(=O)N(CC(=O)N1CCc2ccccc2C1)c1ccc(F)cc1. The number of hydrogen-bond acceptors (Lipinski definition) is 2. The van der Waals surface area contributed by atoms with Crippen LogP contribution in [0.15, 0.2) is 48.5 Å². The molecule has 0 radical (unpaired) electrons. The van der Waals surface area contributed by atoms with Gasteiger partial charge in [-0.3, -0.25) is 9.59 Å². The van der Waals surface area contributed by atoms with E-state index in [0.717, 1.165) is 12.0 Å². The first-order chi connectivity index (χ1) is 11.5. The summed E-state index contributed by atoms with van der Waals surface area (Å²) >= 11 is 0. The average Bonchev–Trinajstić information content (AvgIpc) is 2.59. The smallest absolute Gasteiger partial charge is 0.242 e. The molecule has 1 aliphatic heterocycles. The van der Waals surface area contributed by atoms with E-state index in [9.17, 15) is 14.0 Å². The maximum Gasteiger partial charge on any atom is 0.242 e. The van der Waals surface area contributed by atoms with E-state index in [0.29, 0.717) is 18.8 Å². The van der Waals surface area contributed by atoms with Gasteiger partial charge in [0, 0.05) is 25.7 Å². The zero-order valence-electron chi connectivity index (χ0n) is 13.5. The van der Waals surface area contributed by atoms with Crippen molar-refractivity contribution in [3.63, 3.8) is 0 Å². The van der Waals surface area contributed by atoms with Crippen LogP contribution in [0.5, 0.6) is 0 Å². The maximum atomic E-state index is 13.1. The molecular weight excluding hydrogens is 307 g/mol. The summed E-state index contributed by atoms with van der Waals surface area (Å²) in [6, 6.07) is 13.7. The fourth-order valence-corrected chi connectivity index (χ4v) is 2.95. The molecule has 0 unspecified atom stereocenters. The van der Waals surface area contributed by atoms with Crippen molar-refractivity contribution in [2.75, 3.05) is 18.0 Å². The van der Waals surface area contributed by atoms with Crippen LogP contribution in [0.1, 0.15) is 18.1 Å². The molecule has 5 heteroatoms. The summed E-state index contributed by atoms with van der Waals surface area (Å²) in [7, 11) is 0. The number of carbonyl (C=O) groups is 2. The van der Waals surface area contributed by atoms with Gasteiger partial charge in [-0.25, -0.2) is 4.39 Å². The van der Waals surface area contributed by atoms with Gasteiger partial charge in [0.15, 0.2) is 0 Å². The van der Waals surface area contributed by atoms with Crippen LogP contribution in [-0.4, -0.2) is 29.8 Å². The van der Waals surface area contributed by atoms with Crippen molar-refractivity contribution in [1.82, 2.24) is 4.90 Å². The van der Waals surface area contributed by atoms with Crippen LogP contribution in [-0.2, 0) is 22.6 Å². The van der Waals surface area contributed by atoms with Crippen LogP contribution in [0.3, 0.4) is 0 Å². The van der Waals surface area contributed by atoms with Gasteiger partial charge in [0.25, 0.3) is 0 Å². The van der Waals surface area contributed by atoms with Crippen LogP contribution >= 0.6 is 0 Å². The average molecular weight is 326 g/mol. The number of benzene rings is 2. The van der Waals surface area contributed by atoms with E-state index in [1.54, 1.807) is 4.90 Å². The van der Waals surface area contributed by atoms with Gasteiger partial charge < -0.3 is 9.80 Å². The maximum absolute atomic E-state index is 13.1. The van der Waals surface area contributed by atoms with Crippen molar-refractivity contribution in [1.29, 1.82) is 0 Å². The molecule has 2 amide bonds. The van der Waals surface area contributed by atoms with Gasteiger partial charge in [-0.15, -0.1) is 0 Å². The van der Waals surface area contributed by atoms with Crippen LogP contribution in [0.4, 0.5) is 10.1 Å². The Hall–Kier alpha value is -2.69. The largest absolute Gasteiger partial charge is 0.336 e. The van der Waals surface area contributed by atoms with Crippen molar-refractivity contribution < 1.29 is 14.0 Å². The predicted octanol–water partition coefficient (Wildman–Crippen LogP) is 2.76. The van der Waals surface area contributed by atoms with Crippen LogP contribution in [0.25, 0.3) is 0 Å². The number of hydrogen-bond donors (Lipinski definition) is 0. The van der Waals surface area contributed by atoms with Gasteiger partial charge in [0.2, 0.25) is 11.8 Å². The lowest BCUT2D eigenvalue weighted by molar-refractivity contribution is -0.132. The van der Waals surface area contributed by atoms with Crippen molar-refractivity contribution in [2.45, 2.75) is 19.9 Å². The van der Waals surface area contributed by atoms with Gasteiger partial charge in [-0.2, -0.15) is 0 Å². The summed E-state index contributed by atoms with van der Waals surface area (Å²) in [5.41, 5.74) is 2.94. The second-order valence-electron chi connectivity index (χ2n) is 5.92. The van der Waals surface area contributed by atoms with E-state index in [1.165, 1.54) is 41.7 Å². The highest BCUT2D eigenvalue weighted by atomic mass is 19.1. The number of anilines is 1. The Morgan fingerprint density at radius 1 is 1.08 bits per heavy atom. The first-order valence-electron chi connectivity index (χ1n) is 7.93. The Bertz CT molecular complexity index is 758. The molecule has 1 heterocycles. The van der Waals surface area contributed by atoms with Gasteiger partial charge >= 0.3 is 0 Å². The van der Waals surface area contributed by atoms with Crippen LogP contribution in [0, 0.1) is 5.82 Å². The molecule has 2 aromatic rings. The summed E-state index contributed by atoms with van der Waals surface area (Å²) in [5.74, 6) is -0.724. The molecule has 2 aromatic carbocycles. The molecular formula is C19H19FN2O2. The van der Waals surface area contributed by atoms with Crippen molar-refractivity contribution in [3.8, 4) is 0 Å². The van der Waals surface area contributed by atoms with E-state index in [1.807, 2.05) is 18.2 Å². The number of nitrogens with zero attached hydrogens (tertiary/aromatic N) is 2. The molecule has 4 nitrogen and oxygen atoms in total. The summed E-state index contributed by atoms with van der Waals surface area (Å²) in [6.07, 6.45) is 0.818. The van der Waals surface area contributed by atoms with Gasteiger partial charge in [-0.05, 0) is 41.8 Å². The number of halogens is 1. The molecule has 0 spiro atoms. The van der Waals surface area contributed by atoms with Crippen LogP contribution in [0.2, 0.25) is 0 Å². The standard InChI is InChI=1S/C19H19FN2O2/c1-14(23)22(18-8-6-17(20)7-9-18)13-19(24)21-11-10-15-4-2-3-5-16(15)12-21/h2-9H,10-13H2,1H3. The monoisotopic (exact) mass is 326 g/mol. The lowest BCUT2D eigenvalue weighted by atomic mass is 10.00. The molecule has 0 bridgehead atoms. The number of carbonyl (C=O) groups excluding carboxylic acids is 2. The van der Waals surface area contributed by atoms with Crippen molar-refractivity contribution >= 4 is 17.5 Å². The van der Waals surface area contributed by atoms with E-state index >= 15 is 0 Å². The van der Waals surface area contributed by atoms with E-state index in [4.69, 9.17) is 0 Å². The Morgan fingerprint density at radius 3 is 2.42 bits per heavy atom. The summed E-state index contributed by atoms with van der Waals surface area (Å²) < 4.78 is 13.1. The Kier molecular flexibility index (Phi) is 4.60. The number of rotatable bonds is 3. The minimum absolute atomic E-state index is 0.0386. The molecule has 0 saturated carbocycles. The summed E-state index contributed by atoms with van der Waals surface area (Å²) in [4.78, 5) is 27.7. The molecule has 0 N–H and O–H groups in total. The highest BCUT2D eigenvalue weighted by Crippen LogP contribution is 2.20. The third-order valence-corrected chi connectivity index (χ3v) is 4.30. The molecule has 0 fully saturated rings. The fourth-order valence-electron chi connectivity index (χ4n) is 2.95. The van der Waals surface area contributed by atoms with Gasteiger partial charge in [-0.1, -0.05) is 24.3 Å². The highest BCUT2D eigenvalue weighted by Gasteiger charge is 2.23. The second-order valence-corrected chi connectivity index (χ2v) is 5.92. The lowest BCUT2D eigenvalue weighted by Gasteiger charge is -2.31. The molecule has 24 heavy (non-hydrogen) atoms. The predicted molar refractivity (Wildman–Crippen MR) is 90.0 cm³/mol. The Morgan fingerprint density at radius 2 is 1.75 bits per heavy atom. The second kappa shape index (κ2) is 6.83. The molecule has 1 aliphatic rings. The topological polar surface area (TPSA) is 40.6 Å². The Balaban J connectivity index is 1.73. The van der Waals surface area contributed by atoms with Crippen molar-refractivity contribution in [3.05, 3.63) is 65.5 Å². The first-order valence-corrected chi connectivity index (χ1v) is 7.93. The fraction of sp³-hybridized carbons (Fsp3) is 0.263. The summed E-state index contributed by atoms with van der Waals surface area (Å²) in [5, 5.41) is 0. The molecule has 3 rings (SSSR count). The number of amides is 2. The zero-order chi connectivity index (χ0) is 17.1. The normalized spacial score (nSPS) is 13.3. The third kappa shape index (κ3) is 3.45. The van der Waals surface area contributed by atoms with Crippen molar-refractivity contribution in [2.24, 2.45) is 0 Å². The first kappa shape index (κ1) is 16.2. The number of fused-ring (bicyclic) bond motifs is 1. The quantitative estimate of drug-likeness (QED) is 0.870. The van der Waals surface area contributed by atoms with Crippen LogP contribution < -0.4 is 4.90 Å². The molecule has 124 valence electrons. The third-order valence-electron chi connectivity index (χ3n) is 4.30. The Labute approximate surface area is 140 Å². The molecule has 0 atom stereocenters. The molecule has 0 aromatic heterocycles. The van der Waals surface area contributed by atoms with Gasteiger partial charge in [0.05, 0.1) is 0 Å².